The zero-order chi connectivity index (χ0) is 9.84. The van der Waals surface area contributed by atoms with Crippen molar-refractivity contribution in [3.8, 4) is 5.75 Å². The minimum Gasteiger partial charge on any atom is -0.496 e. The van der Waals surface area contributed by atoms with Crippen molar-refractivity contribution in [2.75, 3.05) is 7.11 Å². The van der Waals surface area contributed by atoms with E-state index in [9.17, 15) is 0 Å². The second-order valence-corrected chi connectivity index (χ2v) is 3.24. The minimum absolute atomic E-state index is 0.143. The Morgan fingerprint density at radius 2 is 2.15 bits per heavy atom. The van der Waals surface area contributed by atoms with Gasteiger partial charge in [-0.3, -0.25) is 0 Å². The van der Waals surface area contributed by atoms with Crippen LogP contribution in [0.1, 0.15) is 30.5 Å². The highest BCUT2D eigenvalue weighted by molar-refractivity contribution is 5.37. The third-order valence-electron chi connectivity index (χ3n) is 2.29. The van der Waals surface area contributed by atoms with E-state index in [1.54, 1.807) is 7.11 Å². The number of nitrogens with two attached hydrogens (primary N) is 1. The summed E-state index contributed by atoms with van der Waals surface area (Å²) in [7, 11) is 1.68. The quantitative estimate of drug-likeness (QED) is 0.773. The van der Waals surface area contributed by atoms with Crippen molar-refractivity contribution in [3.05, 3.63) is 29.3 Å². The molecular formula is C11H17NO. The summed E-state index contributed by atoms with van der Waals surface area (Å²) in [5.74, 6) is 0.923. The molecule has 13 heavy (non-hydrogen) atoms. The van der Waals surface area contributed by atoms with Crippen molar-refractivity contribution in [1.82, 2.24) is 0 Å². The first kappa shape index (κ1) is 10.1. The van der Waals surface area contributed by atoms with E-state index in [0.29, 0.717) is 0 Å². The molecule has 72 valence electrons. The van der Waals surface area contributed by atoms with Crippen LogP contribution in [0.25, 0.3) is 0 Å². The van der Waals surface area contributed by atoms with Crippen LogP contribution < -0.4 is 10.5 Å². The van der Waals surface area contributed by atoms with Gasteiger partial charge in [0, 0.05) is 6.04 Å². The van der Waals surface area contributed by atoms with Gasteiger partial charge in [-0.1, -0.05) is 19.1 Å². The third-order valence-corrected chi connectivity index (χ3v) is 2.29. The number of methoxy groups -OCH3 is 1. The lowest BCUT2D eigenvalue weighted by Crippen LogP contribution is -2.08. The highest BCUT2D eigenvalue weighted by atomic mass is 16.5. The average Bonchev–Trinajstić information content (AvgIpc) is 2.16. The molecule has 0 saturated carbocycles. The van der Waals surface area contributed by atoms with Gasteiger partial charge in [0.2, 0.25) is 0 Å². The van der Waals surface area contributed by atoms with Gasteiger partial charge in [-0.15, -0.1) is 0 Å². The number of hydrogen-bond donors (Lipinski definition) is 1. The van der Waals surface area contributed by atoms with Crippen LogP contribution in [0.2, 0.25) is 0 Å². The second-order valence-electron chi connectivity index (χ2n) is 3.24. The molecule has 0 fully saturated rings. The van der Waals surface area contributed by atoms with E-state index in [-0.39, 0.29) is 6.04 Å². The van der Waals surface area contributed by atoms with Crippen LogP contribution in [0.5, 0.6) is 5.75 Å². The molecule has 1 aromatic rings. The molecule has 2 nitrogen and oxygen atoms in total. The third kappa shape index (κ3) is 2.22. The van der Waals surface area contributed by atoms with E-state index in [2.05, 4.69) is 13.0 Å². The fraction of sp³-hybridized carbons (Fsp3) is 0.455. The summed E-state index contributed by atoms with van der Waals surface area (Å²) in [5, 5.41) is 0. The maximum Gasteiger partial charge on any atom is 0.121 e. The molecule has 1 atom stereocenters. The highest BCUT2D eigenvalue weighted by Crippen LogP contribution is 2.22. The first-order valence-corrected chi connectivity index (χ1v) is 4.59. The molecule has 0 unspecified atom stereocenters. The minimum atomic E-state index is 0.143. The van der Waals surface area contributed by atoms with Crippen LogP contribution in [0.4, 0.5) is 0 Å². The standard InChI is InChI=1S/C11H17NO/c1-4-10(12)9-5-6-11(13-3)8(2)7-9/h5-7,10H,4,12H2,1-3H3/t10-/m1/s1. The van der Waals surface area contributed by atoms with Crippen LogP contribution in [0.15, 0.2) is 18.2 Å². The van der Waals surface area contributed by atoms with Gasteiger partial charge in [0.15, 0.2) is 0 Å². The number of ether oxygens (including phenoxy) is 1. The highest BCUT2D eigenvalue weighted by Gasteiger charge is 2.05. The largest absolute Gasteiger partial charge is 0.496 e. The summed E-state index contributed by atoms with van der Waals surface area (Å²) in [6.07, 6.45) is 0.964. The fourth-order valence-electron chi connectivity index (χ4n) is 1.37. The van der Waals surface area contributed by atoms with E-state index < -0.39 is 0 Å². The Balaban J connectivity index is 2.95. The number of aryl methyl sites for hydroxylation is 1. The van der Waals surface area contributed by atoms with Gasteiger partial charge < -0.3 is 10.5 Å². The molecule has 0 amide bonds. The van der Waals surface area contributed by atoms with Gasteiger partial charge in [0.05, 0.1) is 7.11 Å². The summed E-state index contributed by atoms with van der Waals surface area (Å²) in [4.78, 5) is 0. The lowest BCUT2D eigenvalue weighted by Gasteiger charge is -2.11. The molecule has 0 radical (unpaired) electrons. The normalized spacial score (nSPS) is 12.6. The molecule has 2 heteroatoms. The molecular weight excluding hydrogens is 162 g/mol. The Hall–Kier alpha value is -1.02. The van der Waals surface area contributed by atoms with E-state index in [4.69, 9.17) is 10.5 Å². The average molecular weight is 179 g/mol. The zero-order valence-corrected chi connectivity index (χ0v) is 8.50. The predicted molar refractivity (Wildman–Crippen MR) is 55.0 cm³/mol. The molecule has 0 bridgehead atoms. The Bertz CT molecular complexity index is 283. The topological polar surface area (TPSA) is 35.2 Å². The predicted octanol–water partition coefficient (Wildman–Crippen LogP) is 2.41. The maximum atomic E-state index is 5.91. The molecule has 0 heterocycles. The molecule has 0 saturated heterocycles. The molecule has 0 aliphatic rings. The van der Waals surface area contributed by atoms with Crippen LogP contribution in [-0.4, -0.2) is 7.11 Å². The smallest absolute Gasteiger partial charge is 0.121 e. The molecule has 1 aromatic carbocycles. The molecule has 0 aromatic heterocycles. The van der Waals surface area contributed by atoms with Gasteiger partial charge in [0.25, 0.3) is 0 Å². The van der Waals surface area contributed by atoms with E-state index in [1.807, 2.05) is 19.1 Å². The first-order chi connectivity index (χ1) is 6.19. The Morgan fingerprint density at radius 1 is 1.46 bits per heavy atom. The first-order valence-electron chi connectivity index (χ1n) is 4.59. The Labute approximate surface area is 79.7 Å². The second kappa shape index (κ2) is 4.28. The SMILES string of the molecule is CC[C@@H](N)c1ccc(OC)c(C)c1. The van der Waals surface area contributed by atoms with E-state index in [0.717, 1.165) is 17.7 Å². The summed E-state index contributed by atoms with van der Waals surface area (Å²) < 4.78 is 5.17. The van der Waals surface area contributed by atoms with Crippen LogP contribution >= 0.6 is 0 Å². The van der Waals surface area contributed by atoms with Gasteiger partial charge in [0.1, 0.15) is 5.75 Å². The number of hydrogen-bond acceptors (Lipinski definition) is 2. The Morgan fingerprint density at radius 3 is 2.62 bits per heavy atom. The van der Waals surface area contributed by atoms with Gasteiger partial charge >= 0.3 is 0 Å². The van der Waals surface area contributed by atoms with Gasteiger partial charge in [-0.25, -0.2) is 0 Å². The van der Waals surface area contributed by atoms with Crippen molar-refractivity contribution in [2.24, 2.45) is 5.73 Å². The van der Waals surface area contributed by atoms with Crippen LogP contribution in [0, 0.1) is 6.92 Å². The Kier molecular flexibility index (Phi) is 3.32. The summed E-state index contributed by atoms with van der Waals surface area (Å²) in [5.41, 5.74) is 8.24. The molecule has 2 N–H and O–H groups in total. The van der Waals surface area contributed by atoms with Gasteiger partial charge in [-0.05, 0) is 30.5 Å². The van der Waals surface area contributed by atoms with E-state index in [1.165, 1.54) is 5.56 Å². The maximum absolute atomic E-state index is 5.91. The molecule has 0 aliphatic carbocycles. The number of rotatable bonds is 3. The number of benzene rings is 1. The van der Waals surface area contributed by atoms with Crippen LogP contribution in [0.3, 0.4) is 0 Å². The monoisotopic (exact) mass is 179 g/mol. The van der Waals surface area contributed by atoms with Crippen molar-refractivity contribution in [1.29, 1.82) is 0 Å². The van der Waals surface area contributed by atoms with Crippen molar-refractivity contribution >= 4 is 0 Å². The molecule has 1 rings (SSSR count). The summed E-state index contributed by atoms with van der Waals surface area (Å²) in [6, 6.07) is 6.23. The van der Waals surface area contributed by atoms with Crippen molar-refractivity contribution < 1.29 is 4.74 Å². The van der Waals surface area contributed by atoms with Crippen LogP contribution in [-0.2, 0) is 0 Å². The van der Waals surface area contributed by atoms with Crippen molar-refractivity contribution in [2.45, 2.75) is 26.3 Å². The lowest BCUT2D eigenvalue weighted by atomic mass is 10.0. The zero-order valence-electron chi connectivity index (χ0n) is 8.50. The lowest BCUT2D eigenvalue weighted by molar-refractivity contribution is 0.411. The van der Waals surface area contributed by atoms with Gasteiger partial charge in [-0.2, -0.15) is 0 Å². The summed E-state index contributed by atoms with van der Waals surface area (Å²) >= 11 is 0. The molecule has 0 aliphatic heterocycles. The van der Waals surface area contributed by atoms with E-state index >= 15 is 0 Å². The molecule has 0 spiro atoms. The fourth-order valence-corrected chi connectivity index (χ4v) is 1.37. The summed E-state index contributed by atoms with van der Waals surface area (Å²) in [6.45, 7) is 4.12. The van der Waals surface area contributed by atoms with Crippen molar-refractivity contribution in [3.63, 3.8) is 0 Å².